The molecule has 0 spiro atoms. The molecular formula is C24H33FIN3O2. The summed E-state index contributed by atoms with van der Waals surface area (Å²) in [7, 11) is 3.46. The quantitative estimate of drug-likeness (QED) is 0.313. The predicted octanol–water partition coefficient (Wildman–Crippen LogP) is 4.22. The van der Waals surface area contributed by atoms with Crippen molar-refractivity contribution in [3.63, 3.8) is 0 Å². The SMILES string of the molecule is CN=C(NCCc1cc(C)ccc1OC)NCC1(c2cccc(F)c2)CCOCC1.I. The zero-order valence-electron chi connectivity index (χ0n) is 18.5. The van der Waals surface area contributed by atoms with Crippen molar-refractivity contribution in [2.75, 3.05) is 40.5 Å². The number of methoxy groups -OCH3 is 1. The largest absolute Gasteiger partial charge is 0.496 e. The summed E-state index contributed by atoms with van der Waals surface area (Å²) in [6.07, 6.45) is 2.52. The third-order valence-electron chi connectivity index (χ3n) is 5.83. The van der Waals surface area contributed by atoms with Crippen LogP contribution in [0.25, 0.3) is 0 Å². The van der Waals surface area contributed by atoms with E-state index in [9.17, 15) is 4.39 Å². The number of hydrogen-bond donors (Lipinski definition) is 2. The number of guanidine groups is 1. The van der Waals surface area contributed by atoms with E-state index in [-0.39, 0.29) is 35.2 Å². The Bertz CT molecular complexity index is 870. The van der Waals surface area contributed by atoms with Crippen LogP contribution in [0.4, 0.5) is 4.39 Å². The summed E-state index contributed by atoms with van der Waals surface area (Å²) in [5, 5.41) is 6.84. The number of halogens is 2. The van der Waals surface area contributed by atoms with Gasteiger partial charge in [-0.05, 0) is 55.5 Å². The lowest BCUT2D eigenvalue weighted by molar-refractivity contribution is 0.0513. The van der Waals surface area contributed by atoms with Crippen molar-refractivity contribution < 1.29 is 13.9 Å². The van der Waals surface area contributed by atoms with Gasteiger partial charge in [0.15, 0.2) is 5.96 Å². The fraction of sp³-hybridized carbons (Fsp3) is 0.458. The summed E-state index contributed by atoms with van der Waals surface area (Å²) >= 11 is 0. The molecule has 0 aliphatic carbocycles. The molecule has 31 heavy (non-hydrogen) atoms. The van der Waals surface area contributed by atoms with Crippen LogP contribution < -0.4 is 15.4 Å². The Morgan fingerprint density at radius 2 is 1.94 bits per heavy atom. The number of benzene rings is 2. The Morgan fingerprint density at radius 1 is 1.16 bits per heavy atom. The number of aryl methyl sites for hydroxylation is 1. The molecule has 170 valence electrons. The lowest BCUT2D eigenvalue weighted by Gasteiger charge is -2.38. The first-order valence-electron chi connectivity index (χ1n) is 10.5. The van der Waals surface area contributed by atoms with E-state index in [1.165, 1.54) is 17.2 Å². The molecule has 2 N–H and O–H groups in total. The molecule has 5 nitrogen and oxygen atoms in total. The van der Waals surface area contributed by atoms with Crippen molar-refractivity contribution in [2.24, 2.45) is 4.99 Å². The monoisotopic (exact) mass is 541 g/mol. The molecule has 0 atom stereocenters. The minimum absolute atomic E-state index is 0. The van der Waals surface area contributed by atoms with Gasteiger partial charge in [0.2, 0.25) is 0 Å². The van der Waals surface area contributed by atoms with E-state index < -0.39 is 0 Å². The molecule has 0 amide bonds. The fourth-order valence-corrected chi connectivity index (χ4v) is 4.04. The first-order valence-corrected chi connectivity index (χ1v) is 10.5. The van der Waals surface area contributed by atoms with Gasteiger partial charge in [-0.1, -0.05) is 29.8 Å². The normalized spacial score (nSPS) is 15.7. The molecule has 1 aliphatic heterocycles. The smallest absolute Gasteiger partial charge is 0.191 e. The summed E-state index contributed by atoms with van der Waals surface area (Å²) in [6, 6.07) is 13.1. The Kier molecular flexibility index (Phi) is 10.0. The van der Waals surface area contributed by atoms with Gasteiger partial charge in [-0.15, -0.1) is 24.0 Å². The van der Waals surface area contributed by atoms with Crippen molar-refractivity contribution in [3.05, 3.63) is 65.0 Å². The van der Waals surface area contributed by atoms with Gasteiger partial charge in [-0.2, -0.15) is 0 Å². The molecule has 0 aromatic heterocycles. The van der Waals surface area contributed by atoms with Gasteiger partial charge in [0.25, 0.3) is 0 Å². The van der Waals surface area contributed by atoms with Gasteiger partial charge >= 0.3 is 0 Å². The predicted molar refractivity (Wildman–Crippen MR) is 134 cm³/mol. The number of hydrogen-bond acceptors (Lipinski definition) is 3. The highest BCUT2D eigenvalue weighted by Crippen LogP contribution is 2.34. The molecule has 0 saturated carbocycles. The number of rotatable bonds is 7. The molecule has 1 fully saturated rings. The molecule has 1 heterocycles. The highest BCUT2D eigenvalue weighted by atomic mass is 127. The average Bonchev–Trinajstić information content (AvgIpc) is 2.77. The molecule has 1 aliphatic rings. The van der Waals surface area contributed by atoms with Crippen LogP contribution in [0.5, 0.6) is 5.75 Å². The van der Waals surface area contributed by atoms with Crippen LogP contribution in [0, 0.1) is 12.7 Å². The van der Waals surface area contributed by atoms with Crippen LogP contribution >= 0.6 is 24.0 Å². The van der Waals surface area contributed by atoms with Crippen molar-refractivity contribution >= 4 is 29.9 Å². The van der Waals surface area contributed by atoms with Gasteiger partial charge in [-0.25, -0.2) is 4.39 Å². The van der Waals surface area contributed by atoms with E-state index in [1.807, 2.05) is 12.1 Å². The number of nitrogens with zero attached hydrogens (tertiary/aromatic N) is 1. The molecule has 2 aromatic rings. The standard InChI is InChI=1S/C24H32FN3O2.HI/c1-18-7-8-22(29-3)19(15-18)9-12-27-23(26-2)28-17-24(10-13-30-14-11-24)20-5-4-6-21(25)16-20;/h4-8,15-16H,9-14,17H2,1-3H3,(H2,26,27,28);1H. The molecule has 0 bridgehead atoms. The van der Waals surface area contributed by atoms with Crippen LogP contribution in [-0.4, -0.2) is 46.4 Å². The summed E-state index contributed by atoms with van der Waals surface area (Å²) in [6.45, 7) is 4.84. The number of ether oxygens (including phenoxy) is 2. The van der Waals surface area contributed by atoms with Crippen LogP contribution in [0.1, 0.15) is 29.5 Å². The first-order chi connectivity index (χ1) is 14.6. The average molecular weight is 541 g/mol. The maximum atomic E-state index is 13.9. The molecule has 1 saturated heterocycles. The molecule has 7 heteroatoms. The molecule has 2 aromatic carbocycles. The fourth-order valence-electron chi connectivity index (χ4n) is 4.04. The van der Waals surface area contributed by atoms with Gasteiger partial charge in [0, 0.05) is 38.8 Å². The second-order valence-electron chi connectivity index (χ2n) is 7.82. The highest BCUT2D eigenvalue weighted by Gasteiger charge is 2.34. The topological polar surface area (TPSA) is 54.9 Å². The van der Waals surface area contributed by atoms with Gasteiger partial charge < -0.3 is 20.1 Å². The lowest BCUT2D eigenvalue weighted by Crippen LogP contribution is -2.48. The van der Waals surface area contributed by atoms with Gasteiger partial charge in [-0.3, -0.25) is 4.99 Å². The third-order valence-corrected chi connectivity index (χ3v) is 5.83. The number of nitrogens with one attached hydrogen (secondary N) is 2. The van der Waals surface area contributed by atoms with E-state index in [0.29, 0.717) is 19.8 Å². The van der Waals surface area contributed by atoms with Gasteiger partial charge in [0.05, 0.1) is 7.11 Å². The highest BCUT2D eigenvalue weighted by molar-refractivity contribution is 14.0. The molecule has 0 unspecified atom stereocenters. The minimum atomic E-state index is -0.201. The number of aliphatic imine (C=N–C) groups is 1. The van der Waals surface area contributed by atoms with Crippen molar-refractivity contribution in [1.82, 2.24) is 10.6 Å². The summed E-state index contributed by atoms with van der Waals surface area (Å²) < 4.78 is 24.9. The van der Waals surface area contributed by atoms with Crippen LogP contribution in [0.3, 0.4) is 0 Å². The summed E-state index contributed by atoms with van der Waals surface area (Å²) in [4.78, 5) is 4.36. The first kappa shape index (κ1) is 25.4. The van der Waals surface area contributed by atoms with Gasteiger partial charge in [0.1, 0.15) is 11.6 Å². The van der Waals surface area contributed by atoms with Crippen LogP contribution in [0.15, 0.2) is 47.5 Å². The van der Waals surface area contributed by atoms with Crippen molar-refractivity contribution in [3.8, 4) is 5.75 Å². The summed E-state index contributed by atoms with van der Waals surface area (Å²) in [5.41, 5.74) is 3.22. The Hall–Kier alpha value is -1.87. The van der Waals surface area contributed by atoms with Crippen molar-refractivity contribution in [2.45, 2.75) is 31.6 Å². The zero-order chi connectivity index (χ0) is 21.4. The molecule has 0 radical (unpaired) electrons. The molecule has 3 rings (SSSR count). The minimum Gasteiger partial charge on any atom is -0.496 e. The van der Waals surface area contributed by atoms with Crippen LogP contribution in [-0.2, 0) is 16.6 Å². The maximum absolute atomic E-state index is 13.9. The Morgan fingerprint density at radius 3 is 2.61 bits per heavy atom. The van der Waals surface area contributed by atoms with Crippen molar-refractivity contribution in [1.29, 1.82) is 0 Å². The van der Waals surface area contributed by atoms with E-state index in [1.54, 1.807) is 26.3 Å². The second kappa shape index (κ2) is 12.2. The second-order valence-corrected chi connectivity index (χ2v) is 7.82. The molecular weight excluding hydrogens is 508 g/mol. The van der Waals surface area contributed by atoms with E-state index >= 15 is 0 Å². The van der Waals surface area contributed by atoms with E-state index in [4.69, 9.17) is 9.47 Å². The third kappa shape index (κ3) is 6.80. The maximum Gasteiger partial charge on any atom is 0.191 e. The Labute approximate surface area is 201 Å². The van der Waals surface area contributed by atoms with E-state index in [2.05, 4.69) is 34.7 Å². The lowest BCUT2D eigenvalue weighted by atomic mass is 9.74. The summed E-state index contributed by atoms with van der Waals surface area (Å²) in [5.74, 6) is 1.44. The Balaban J connectivity index is 0.00000341. The van der Waals surface area contributed by atoms with Crippen LogP contribution in [0.2, 0.25) is 0 Å². The zero-order valence-corrected chi connectivity index (χ0v) is 20.9. The van der Waals surface area contributed by atoms with E-state index in [0.717, 1.165) is 43.1 Å².